The zero-order chi connectivity index (χ0) is 13.9. The van der Waals surface area contributed by atoms with Gasteiger partial charge in [-0.2, -0.15) is 0 Å². The summed E-state index contributed by atoms with van der Waals surface area (Å²) in [5.41, 5.74) is 0.833. The van der Waals surface area contributed by atoms with E-state index < -0.39 is 0 Å². The number of morpholine rings is 1. The van der Waals surface area contributed by atoms with E-state index in [1.54, 1.807) is 0 Å². The van der Waals surface area contributed by atoms with Crippen molar-refractivity contribution in [1.82, 2.24) is 14.8 Å². The number of hydrogen-bond donors (Lipinski definition) is 1. The summed E-state index contributed by atoms with van der Waals surface area (Å²) >= 11 is 0. The lowest BCUT2D eigenvalue weighted by Crippen LogP contribution is -2.49. The Hall–Kier alpha value is -1.33. The lowest BCUT2D eigenvalue weighted by molar-refractivity contribution is -0.0200. The van der Waals surface area contributed by atoms with Crippen molar-refractivity contribution >= 4 is 5.91 Å². The Balaban J connectivity index is 1.70. The van der Waals surface area contributed by atoms with E-state index in [1.807, 2.05) is 30.3 Å². The summed E-state index contributed by atoms with van der Waals surface area (Å²) in [7, 11) is 1.91. The summed E-state index contributed by atoms with van der Waals surface area (Å²) in [6.07, 6.45) is 5.81. The molecule has 1 aromatic rings. The first kappa shape index (κ1) is 13.6. The summed E-state index contributed by atoms with van der Waals surface area (Å²) in [6.45, 7) is 2.78. The van der Waals surface area contributed by atoms with Gasteiger partial charge < -0.3 is 19.5 Å². The van der Waals surface area contributed by atoms with Crippen LogP contribution in [0.4, 0.5) is 0 Å². The Kier molecular flexibility index (Phi) is 4.08. The standard InChI is InChI=1S/C15H23N3O2/c1-16-10-13-11-17(8-9-20-13)15(19)14-6-3-7-18(14)12-4-2-5-12/h3,6-7,12-13,16H,2,4-5,8-11H2,1H3. The number of hydrogen-bond acceptors (Lipinski definition) is 3. The van der Waals surface area contributed by atoms with Crippen LogP contribution < -0.4 is 5.32 Å². The highest BCUT2D eigenvalue weighted by molar-refractivity contribution is 5.93. The molecule has 2 fully saturated rings. The molecule has 1 saturated heterocycles. The van der Waals surface area contributed by atoms with Crippen molar-refractivity contribution in [3.63, 3.8) is 0 Å². The fourth-order valence-electron chi connectivity index (χ4n) is 2.98. The van der Waals surface area contributed by atoms with E-state index in [-0.39, 0.29) is 12.0 Å². The van der Waals surface area contributed by atoms with Crippen LogP contribution in [0.25, 0.3) is 0 Å². The van der Waals surface area contributed by atoms with Gasteiger partial charge in [0.25, 0.3) is 5.91 Å². The zero-order valence-electron chi connectivity index (χ0n) is 12.0. The predicted octanol–water partition coefficient (Wildman–Crippen LogP) is 1.27. The average Bonchev–Trinajstić information content (AvgIpc) is 2.85. The Labute approximate surface area is 119 Å². The van der Waals surface area contributed by atoms with Crippen LogP contribution in [0.1, 0.15) is 35.8 Å². The Bertz CT molecular complexity index is 465. The van der Waals surface area contributed by atoms with Crippen molar-refractivity contribution in [2.75, 3.05) is 33.3 Å². The molecule has 5 heteroatoms. The molecule has 1 unspecified atom stereocenters. The van der Waals surface area contributed by atoms with E-state index in [1.165, 1.54) is 19.3 Å². The fourth-order valence-corrected chi connectivity index (χ4v) is 2.98. The maximum absolute atomic E-state index is 12.7. The van der Waals surface area contributed by atoms with Gasteiger partial charge in [0.05, 0.1) is 12.7 Å². The van der Waals surface area contributed by atoms with Gasteiger partial charge in [-0.05, 0) is 38.4 Å². The van der Waals surface area contributed by atoms with Crippen LogP contribution in [0.3, 0.4) is 0 Å². The van der Waals surface area contributed by atoms with Gasteiger partial charge >= 0.3 is 0 Å². The van der Waals surface area contributed by atoms with Crippen molar-refractivity contribution < 1.29 is 9.53 Å². The minimum absolute atomic E-state index is 0.102. The fraction of sp³-hybridized carbons (Fsp3) is 0.667. The molecule has 1 aliphatic heterocycles. The molecule has 2 aliphatic rings. The molecule has 1 saturated carbocycles. The molecule has 1 N–H and O–H groups in total. The number of nitrogens with one attached hydrogen (secondary N) is 1. The maximum Gasteiger partial charge on any atom is 0.270 e. The van der Waals surface area contributed by atoms with E-state index in [4.69, 9.17) is 4.74 Å². The van der Waals surface area contributed by atoms with E-state index in [0.29, 0.717) is 25.7 Å². The lowest BCUT2D eigenvalue weighted by Gasteiger charge is -2.34. The second kappa shape index (κ2) is 5.97. The first-order valence-electron chi connectivity index (χ1n) is 7.52. The predicted molar refractivity (Wildman–Crippen MR) is 76.9 cm³/mol. The van der Waals surface area contributed by atoms with Crippen molar-refractivity contribution in [2.24, 2.45) is 0 Å². The topological polar surface area (TPSA) is 46.5 Å². The SMILES string of the molecule is CNCC1CN(C(=O)c2cccn2C2CCC2)CCO1. The zero-order valence-corrected chi connectivity index (χ0v) is 12.0. The van der Waals surface area contributed by atoms with Gasteiger partial charge in [0.15, 0.2) is 0 Å². The second-order valence-corrected chi connectivity index (χ2v) is 5.69. The second-order valence-electron chi connectivity index (χ2n) is 5.69. The van der Waals surface area contributed by atoms with Crippen molar-refractivity contribution in [3.05, 3.63) is 24.0 Å². The van der Waals surface area contributed by atoms with Crippen LogP contribution >= 0.6 is 0 Å². The number of rotatable bonds is 4. The highest BCUT2D eigenvalue weighted by atomic mass is 16.5. The minimum Gasteiger partial charge on any atom is -0.373 e. The quantitative estimate of drug-likeness (QED) is 0.901. The number of nitrogens with zero attached hydrogens (tertiary/aromatic N) is 2. The monoisotopic (exact) mass is 277 g/mol. The smallest absolute Gasteiger partial charge is 0.270 e. The molecule has 3 rings (SSSR count). The number of ether oxygens (including phenoxy) is 1. The van der Waals surface area contributed by atoms with Crippen LogP contribution in [0, 0.1) is 0 Å². The number of carbonyl (C=O) groups is 1. The van der Waals surface area contributed by atoms with E-state index >= 15 is 0 Å². The molecular formula is C15H23N3O2. The van der Waals surface area contributed by atoms with Crippen molar-refractivity contribution in [2.45, 2.75) is 31.4 Å². The highest BCUT2D eigenvalue weighted by Gasteiger charge is 2.28. The van der Waals surface area contributed by atoms with Crippen molar-refractivity contribution in [3.8, 4) is 0 Å². The molecule has 0 spiro atoms. The van der Waals surface area contributed by atoms with Crippen LogP contribution in [0.2, 0.25) is 0 Å². The lowest BCUT2D eigenvalue weighted by atomic mass is 9.93. The molecule has 110 valence electrons. The number of aromatic nitrogens is 1. The average molecular weight is 277 g/mol. The molecule has 1 atom stereocenters. The van der Waals surface area contributed by atoms with Crippen LogP contribution in [0.15, 0.2) is 18.3 Å². The van der Waals surface area contributed by atoms with Gasteiger partial charge in [0, 0.05) is 31.9 Å². The first-order chi connectivity index (χ1) is 9.79. The largest absolute Gasteiger partial charge is 0.373 e. The Morgan fingerprint density at radius 1 is 1.50 bits per heavy atom. The summed E-state index contributed by atoms with van der Waals surface area (Å²) < 4.78 is 7.82. The van der Waals surface area contributed by atoms with Crippen LogP contribution in [-0.4, -0.2) is 54.8 Å². The minimum atomic E-state index is 0.102. The molecule has 0 bridgehead atoms. The van der Waals surface area contributed by atoms with Crippen LogP contribution in [-0.2, 0) is 4.74 Å². The third-order valence-corrected chi connectivity index (χ3v) is 4.32. The molecule has 1 aromatic heterocycles. The maximum atomic E-state index is 12.7. The van der Waals surface area contributed by atoms with E-state index in [9.17, 15) is 4.79 Å². The number of amides is 1. The Morgan fingerprint density at radius 3 is 3.05 bits per heavy atom. The Morgan fingerprint density at radius 2 is 2.35 bits per heavy atom. The summed E-state index contributed by atoms with van der Waals surface area (Å²) in [5.74, 6) is 0.145. The third-order valence-electron chi connectivity index (χ3n) is 4.32. The molecule has 1 aliphatic carbocycles. The van der Waals surface area contributed by atoms with Gasteiger partial charge in [-0.25, -0.2) is 0 Å². The number of likely N-dealkylation sites (N-methyl/N-ethyl adjacent to an activating group) is 1. The van der Waals surface area contributed by atoms with E-state index in [2.05, 4.69) is 9.88 Å². The summed E-state index contributed by atoms with van der Waals surface area (Å²) in [4.78, 5) is 14.6. The number of carbonyl (C=O) groups excluding carboxylic acids is 1. The van der Waals surface area contributed by atoms with Crippen LogP contribution in [0.5, 0.6) is 0 Å². The van der Waals surface area contributed by atoms with Crippen molar-refractivity contribution in [1.29, 1.82) is 0 Å². The molecular weight excluding hydrogens is 254 g/mol. The van der Waals surface area contributed by atoms with E-state index in [0.717, 1.165) is 12.2 Å². The van der Waals surface area contributed by atoms with Gasteiger partial charge in [0.2, 0.25) is 0 Å². The molecule has 0 radical (unpaired) electrons. The normalized spacial score (nSPS) is 23.6. The first-order valence-corrected chi connectivity index (χ1v) is 7.52. The third kappa shape index (κ3) is 2.60. The molecule has 1 amide bonds. The van der Waals surface area contributed by atoms with Gasteiger partial charge in [0.1, 0.15) is 5.69 Å². The summed E-state index contributed by atoms with van der Waals surface area (Å²) in [5, 5.41) is 3.11. The molecule has 2 heterocycles. The molecule has 0 aromatic carbocycles. The van der Waals surface area contributed by atoms with Gasteiger partial charge in [-0.15, -0.1) is 0 Å². The van der Waals surface area contributed by atoms with Gasteiger partial charge in [-0.1, -0.05) is 0 Å². The molecule has 20 heavy (non-hydrogen) atoms. The summed E-state index contributed by atoms with van der Waals surface area (Å²) in [6, 6.07) is 4.46. The van der Waals surface area contributed by atoms with Gasteiger partial charge in [-0.3, -0.25) is 4.79 Å². The highest BCUT2D eigenvalue weighted by Crippen LogP contribution is 2.33. The molecule has 5 nitrogen and oxygen atoms in total.